The van der Waals surface area contributed by atoms with Crippen LogP contribution in [0.5, 0.6) is 0 Å². The zero-order valence-electron chi connectivity index (χ0n) is 46.3. The second-order valence-corrected chi connectivity index (χ2v) is 21.4. The summed E-state index contributed by atoms with van der Waals surface area (Å²) in [6.45, 7) is 21.1. The molecule has 8 rings (SSSR count). The van der Waals surface area contributed by atoms with Gasteiger partial charge in [-0.2, -0.15) is 23.6 Å². The van der Waals surface area contributed by atoms with Gasteiger partial charge in [0.25, 0.3) is 17.4 Å². The number of ether oxygens (including phenoxy) is 5. The van der Waals surface area contributed by atoms with Crippen molar-refractivity contribution in [2.24, 2.45) is 16.2 Å². The van der Waals surface area contributed by atoms with Crippen LogP contribution in [-0.4, -0.2) is 178 Å². The number of aliphatic hydroxyl groups excluding tert-OH is 5. The third-order valence-corrected chi connectivity index (χ3v) is 15.7. The van der Waals surface area contributed by atoms with Crippen LogP contribution in [-0.2, 0) is 62.0 Å². The maximum absolute atomic E-state index is 13.4. The highest BCUT2D eigenvalue weighted by molar-refractivity contribution is 8.00. The Morgan fingerprint density at radius 2 is 1.23 bits per heavy atom. The minimum Gasteiger partial charge on any atom is -0.469 e. The minimum atomic E-state index is -1.07. The van der Waals surface area contributed by atoms with Crippen molar-refractivity contribution in [1.82, 2.24) is 45.0 Å². The van der Waals surface area contributed by atoms with Gasteiger partial charge in [-0.25, -0.2) is 9.48 Å². The van der Waals surface area contributed by atoms with Crippen molar-refractivity contribution in [1.29, 1.82) is 0 Å². The lowest BCUT2D eigenvalue weighted by Crippen LogP contribution is -2.42. The maximum atomic E-state index is 13.4. The van der Waals surface area contributed by atoms with Gasteiger partial charge >= 0.3 is 29.9 Å². The van der Waals surface area contributed by atoms with Crippen LogP contribution in [0, 0.1) is 30.1 Å². The molecule has 0 saturated carbocycles. The molecule has 2 aromatic rings. The summed E-state index contributed by atoms with van der Waals surface area (Å²) in [6.07, 6.45) is 3.41. The van der Waals surface area contributed by atoms with E-state index in [4.69, 9.17) is 42.9 Å². The first kappa shape index (κ1) is 68.3. The van der Waals surface area contributed by atoms with Crippen LogP contribution in [0.25, 0.3) is 0 Å². The minimum absolute atomic E-state index is 0.0782. The smallest absolute Gasteiger partial charge is 0.373 e. The van der Waals surface area contributed by atoms with Crippen molar-refractivity contribution in [3.63, 3.8) is 0 Å². The molecule has 6 aliphatic heterocycles. The van der Waals surface area contributed by atoms with Crippen molar-refractivity contribution in [2.45, 2.75) is 141 Å². The van der Waals surface area contributed by atoms with Crippen LogP contribution in [0.2, 0.25) is 0 Å². The van der Waals surface area contributed by atoms with Crippen LogP contribution in [0.1, 0.15) is 90.1 Å². The molecular weight excluding hydrogens is 1100 g/mol. The van der Waals surface area contributed by atoms with Gasteiger partial charge in [0.2, 0.25) is 5.83 Å². The van der Waals surface area contributed by atoms with E-state index in [0.29, 0.717) is 29.8 Å². The molecule has 2 amide bonds. The van der Waals surface area contributed by atoms with Crippen molar-refractivity contribution in [3.05, 3.63) is 93.1 Å². The molecule has 4 saturated heterocycles. The Balaban J connectivity index is 0.000000276. The molecule has 0 spiro atoms. The number of nitrogens with zero attached hydrogens (tertiary/aromatic N) is 6. The number of aromatic nitrogens is 5. The lowest BCUT2D eigenvalue weighted by Gasteiger charge is -2.32. The Hall–Kier alpha value is -7.02. The van der Waals surface area contributed by atoms with E-state index in [0.717, 1.165) is 18.3 Å². The quantitative estimate of drug-likeness (QED) is 0.137. The summed E-state index contributed by atoms with van der Waals surface area (Å²) in [7, 11) is 2.55. The lowest BCUT2D eigenvalue weighted by molar-refractivity contribution is -0.193. The van der Waals surface area contributed by atoms with Crippen molar-refractivity contribution in [3.8, 4) is 0 Å². The fourth-order valence-corrected chi connectivity index (χ4v) is 10.6. The second kappa shape index (κ2) is 29.6. The van der Waals surface area contributed by atoms with Crippen molar-refractivity contribution >= 4 is 47.8 Å². The highest BCUT2D eigenvalue weighted by Crippen LogP contribution is 2.45. The first-order chi connectivity index (χ1) is 38.0. The van der Waals surface area contributed by atoms with Crippen molar-refractivity contribution < 1.29 is 92.0 Å². The molecule has 0 aromatic carbocycles. The van der Waals surface area contributed by atoms with E-state index < -0.39 is 83.3 Å². The van der Waals surface area contributed by atoms with E-state index in [1.54, 1.807) is 61.4 Å². The highest BCUT2D eigenvalue weighted by atomic mass is 32.2. The molecule has 448 valence electrons. The maximum Gasteiger partial charge on any atom is 0.373 e. The molecule has 0 radical (unpaired) electrons. The van der Waals surface area contributed by atoms with Crippen molar-refractivity contribution in [2.75, 3.05) is 34.0 Å². The SMILES string of the molecule is C=C1NC(=O)C(C)=CN1[C@H]1C[C@@](C)(C(=O)OC)[C@@H](CO)O1.C=C1NC(=O)C(F)=CN1[C@H]1CC(C)(C(=O)OC)[C@@H](CO)O1.CC[C@@H]1S[C@H](n2cc(C)nn2)[C@@H](O)C1O.Cc1cn([C@@H]2CC(C)(C)[C@@H](CO)O2)c(=O)[nH]c1=O.O=C=O.O=C=O. The van der Waals surface area contributed by atoms with E-state index in [1.165, 1.54) is 29.9 Å². The number of halogens is 1. The van der Waals surface area contributed by atoms with Gasteiger partial charge in [-0.15, -0.1) is 16.9 Å². The molecular formula is C50H70FN9O20S. The Labute approximate surface area is 467 Å². The number of nitrogens with one attached hydrogen (secondary N) is 3. The Bertz CT molecular complexity index is 2740. The van der Waals surface area contributed by atoms with E-state index in [-0.39, 0.29) is 78.0 Å². The topological polar surface area (TPSA) is 400 Å². The third kappa shape index (κ3) is 16.1. The number of aromatic amines is 1. The molecule has 4 fully saturated rings. The van der Waals surface area contributed by atoms with Gasteiger partial charge in [-0.1, -0.05) is 39.1 Å². The summed E-state index contributed by atoms with van der Waals surface area (Å²) in [5, 5.41) is 60.3. The summed E-state index contributed by atoms with van der Waals surface area (Å²) in [4.78, 5) is 107. The van der Waals surface area contributed by atoms with Crippen LogP contribution in [0.4, 0.5) is 4.39 Å². The molecule has 0 bridgehead atoms. The molecule has 2 aromatic heterocycles. The number of methoxy groups -OCH3 is 2. The van der Waals surface area contributed by atoms with Gasteiger partial charge in [0.1, 0.15) is 41.8 Å². The van der Waals surface area contributed by atoms with Gasteiger partial charge in [0.05, 0.1) is 75.0 Å². The number of rotatable bonds is 10. The van der Waals surface area contributed by atoms with Gasteiger partial charge in [0, 0.05) is 60.4 Å². The first-order valence-electron chi connectivity index (χ1n) is 24.8. The molecule has 12 atom stereocenters. The third-order valence-electron chi connectivity index (χ3n) is 14.0. The number of aryl methyl sites for hydroxylation is 2. The number of thioether (sulfide) groups is 1. The Kier molecular flexibility index (Phi) is 25.0. The van der Waals surface area contributed by atoms with Crippen LogP contribution < -0.4 is 21.9 Å². The highest BCUT2D eigenvalue weighted by Gasteiger charge is 2.54. The predicted molar refractivity (Wildman–Crippen MR) is 275 cm³/mol. The normalized spacial score (nSPS) is 29.7. The number of carbonyl (C=O) groups excluding carboxylic acids is 8. The monoisotopic (exact) mass is 1170 g/mol. The summed E-state index contributed by atoms with van der Waals surface area (Å²) in [6, 6.07) is 0. The molecule has 2 unspecified atom stereocenters. The van der Waals surface area contributed by atoms with E-state index in [9.17, 15) is 58.7 Å². The second-order valence-electron chi connectivity index (χ2n) is 20.1. The number of amides is 2. The molecule has 8 heterocycles. The lowest BCUT2D eigenvalue weighted by atomic mass is 9.83. The van der Waals surface area contributed by atoms with Crippen LogP contribution in [0.15, 0.2) is 70.6 Å². The number of esters is 2. The average Bonchev–Trinajstić information content (AvgIpc) is 4.24. The fourth-order valence-electron chi connectivity index (χ4n) is 9.18. The van der Waals surface area contributed by atoms with Gasteiger partial charge in [-0.3, -0.25) is 33.5 Å². The molecule has 81 heavy (non-hydrogen) atoms. The number of carbonyl (C=O) groups is 4. The number of H-pyrrole nitrogens is 1. The van der Waals surface area contributed by atoms with Crippen LogP contribution in [0.3, 0.4) is 0 Å². The first-order valence-corrected chi connectivity index (χ1v) is 25.7. The van der Waals surface area contributed by atoms with Gasteiger partial charge in [-0.05, 0) is 46.5 Å². The number of hydrogen-bond donors (Lipinski definition) is 8. The molecule has 8 N–H and O–H groups in total. The van der Waals surface area contributed by atoms with Crippen LogP contribution >= 0.6 is 11.8 Å². The molecule has 6 aliphatic rings. The zero-order chi connectivity index (χ0) is 61.5. The van der Waals surface area contributed by atoms with E-state index in [2.05, 4.69) is 39.1 Å². The zero-order valence-corrected chi connectivity index (χ0v) is 47.1. The number of hydrogen-bond acceptors (Lipinski definition) is 25. The Morgan fingerprint density at radius 3 is 1.65 bits per heavy atom. The average molecular weight is 1170 g/mol. The fraction of sp³-hybridized carbons (Fsp3) is 0.600. The largest absolute Gasteiger partial charge is 0.469 e. The molecule has 0 aliphatic carbocycles. The summed E-state index contributed by atoms with van der Waals surface area (Å²) in [5.74, 6) is -2.54. The van der Waals surface area contributed by atoms with E-state index >= 15 is 0 Å². The van der Waals surface area contributed by atoms with E-state index in [1.807, 2.05) is 27.7 Å². The van der Waals surface area contributed by atoms with Gasteiger partial charge in [0.15, 0.2) is 0 Å². The summed E-state index contributed by atoms with van der Waals surface area (Å²) >= 11 is 1.55. The molecule has 29 nitrogen and oxygen atoms in total. The standard InChI is InChI=1S/C14H20N2O5.C13H17FN2O5.C12H18N2O4.C9H15N3O2S.2CO2/c1-8-6-16(9(2)15-12(8)18)11-5-14(3,13(19)20-4)10(7-17)21-11;1-7-15-11(18)8(14)5-16(7)10-4-13(2,12(19)20-3)9(6-17)21-10;1-7-5-14(11(17)13-10(7)16)9-4-12(2,3)8(6-15)18-9;1-3-6-7(13)8(14)9(15-6)12-4-5(2)10-11-12;2*2-1-3/h6,10-11,17H,2,5,7H2,1,3-4H3,(H,15,18);5,9-10,17H,1,4,6H2,2-3H3,(H,15,18);5,8-9,15H,4,6H2,1-3H3,(H,13,16,17);4,6-9,13-14H,3H2,1-2H3;;/t10-,11-,14-;9-,10-,13?;8-,9+;6-,7?,8-,9-;;/m1110../s1. The Morgan fingerprint density at radius 1 is 0.765 bits per heavy atom. The summed E-state index contributed by atoms with van der Waals surface area (Å²) < 4.78 is 43.0. The van der Waals surface area contributed by atoms with Gasteiger partial charge < -0.3 is 69.7 Å². The predicted octanol–water partition coefficient (Wildman–Crippen LogP) is -0.617. The number of aliphatic hydroxyl groups is 5. The summed E-state index contributed by atoms with van der Waals surface area (Å²) in [5.41, 5.74) is -1.29. The molecule has 31 heteroatoms.